The van der Waals surface area contributed by atoms with Crippen LogP contribution < -0.4 is 0 Å². The molecule has 0 fully saturated rings. The van der Waals surface area contributed by atoms with Gasteiger partial charge in [0.05, 0.1) is 33.3 Å². The van der Waals surface area contributed by atoms with E-state index in [4.69, 9.17) is 9.97 Å². The maximum Gasteiger partial charge on any atom is 0.236 e. The van der Waals surface area contributed by atoms with Crippen LogP contribution in [0.2, 0.25) is 0 Å². The van der Waals surface area contributed by atoms with E-state index in [0.717, 1.165) is 32.5 Å². The van der Waals surface area contributed by atoms with E-state index in [1.807, 2.05) is 22.7 Å². The molecule has 0 aliphatic heterocycles. The van der Waals surface area contributed by atoms with Gasteiger partial charge in [0, 0.05) is 82.9 Å². The quantitative estimate of drug-likeness (QED) is 0.178. The fraction of sp³-hybridized carbons (Fsp3) is 0. The predicted octanol–water partition coefficient (Wildman–Crippen LogP) is 13.8. The first kappa shape index (κ1) is 27.5. The van der Waals surface area contributed by atoms with E-state index in [-0.39, 0.29) is 0 Å². The molecule has 0 unspecified atom stereocenters. The zero-order valence-corrected chi connectivity index (χ0v) is 30.2. The summed E-state index contributed by atoms with van der Waals surface area (Å²) in [5, 5.41) is 12.7. The minimum absolute atomic E-state index is 0.702. The zero-order valence-electron chi connectivity index (χ0n) is 27.7. The fourth-order valence-corrected chi connectivity index (χ4v) is 12.6. The molecule has 0 aliphatic carbocycles. The Morgan fingerprint density at radius 2 is 1.08 bits per heavy atom. The van der Waals surface area contributed by atoms with Crippen LogP contribution in [0.1, 0.15) is 0 Å². The van der Waals surface area contributed by atoms with E-state index in [1.165, 1.54) is 88.5 Å². The molecule has 0 saturated heterocycles. The van der Waals surface area contributed by atoms with Crippen molar-refractivity contribution in [1.82, 2.24) is 18.9 Å². The summed E-state index contributed by atoms with van der Waals surface area (Å²) in [5.74, 6) is 0.702. The standard InChI is InChI=1S/C46H22N4S3/c1-4-11-29-24(8-1)26-17-20-37-42-41-36(52-37)21-18-32-40(41)39-30(49(29)44(26)42)12-7-13-31(39)50(32)46-47-43(38-27-10-3-6-15-34(27)53-45(38)48-46)23-16-19-35-28(22-23)25-9-2-5-14-33(25)51-35/h1-22H. The molecule has 244 valence electrons. The second-order valence-electron chi connectivity index (χ2n) is 14.1. The minimum atomic E-state index is 0.702. The molecule has 14 aromatic rings. The van der Waals surface area contributed by atoms with Gasteiger partial charge in [0.1, 0.15) is 4.83 Å². The van der Waals surface area contributed by atoms with Crippen LogP contribution in [0.3, 0.4) is 0 Å². The molecular weight excluding hydrogens is 705 g/mol. The number of aromatic nitrogens is 4. The van der Waals surface area contributed by atoms with Gasteiger partial charge in [-0.1, -0.05) is 72.8 Å². The lowest BCUT2D eigenvalue weighted by Crippen LogP contribution is -2.02. The van der Waals surface area contributed by atoms with Gasteiger partial charge >= 0.3 is 0 Å². The number of thiophene rings is 3. The Balaban J connectivity index is 1.17. The molecule has 0 radical (unpaired) electrons. The van der Waals surface area contributed by atoms with Crippen molar-refractivity contribution < 1.29 is 0 Å². The summed E-state index contributed by atoms with van der Waals surface area (Å²) < 4.78 is 11.3. The summed E-state index contributed by atoms with van der Waals surface area (Å²) in [6, 6.07) is 49.2. The highest BCUT2D eigenvalue weighted by atomic mass is 32.1. The highest BCUT2D eigenvalue weighted by molar-refractivity contribution is 7.26. The maximum absolute atomic E-state index is 5.62. The van der Waals surface area contributed by atoms with Crippen molar-refractivity contribution in [3.8, 4) is 17.2 Å². The molecule has 0 amide bonds. The molecular formula is C46H22N4S3. The summed E-state index contributed by atoms with van der Waals surface area (Å²) in [6.45, 7) is 0. The van der Waals surface area contributed by atoms with Crippen LogP contribution in [0, 0.1) is 0 Å². The van der Waals surface area contributed by atoms with Crippen molar-refractivity contribution >= 4 is 144 Å². The molecule has 0 atom stereocenters. The molecule has 7 aromatic carbocycles. The third-order valence-corrected chi connectivity index (χ3v) is 14.8. The summed E-state index contributed by atoms with van der Waals surface area (Å²) in [4.78, 5) is 12.1. The van der Waals surface area contributed by atoms with Crippen molar-refractivity contribution in [3.63, 3.8) is 0 Å². The van der Waals surface area contributed by atoms with E-state index in [0.29, 0.717) is 5.95 Å². The van der Waals surface area contributed by atoms with E-state index in [2.05, 4.69) is 142 Å². The highest BCUT2D eigenvalue weighted by Crippen LogP contribution is 2.50. The summed E-state index contributed by atoms with van der Waals surface area (Å²) >= 11 is 5.49. The topological polar surface area (TPSA) is 35.1 Å². The Hall–Kier alpha value is -6.12. The van der Waals surface area contributed by atoms with E-state index in [9.17, 15) is 0 Å². The Labute approximate surface area is 311 Å². The Morgan fingerprint density at radius 1 is 0.396 bits per heavy atom. The largest absolute Gasteiger partial charge is 0.308 e. The van der Waals surface area contributed by atoms with Crippen molar-refractivity contribution in [3.05, 3.63) is 133 Å². The molecule has 0 bridgehead atoms. The Morgan fingerprint density at radius 3 is 2.00 bits per heavy atom. The normalized spacial score (nSPS) is 12.9. The van der Waals surface area contributed by atoms with Crippen LogP contribution in [-0.4, -0.2) is 18.9 Å². The van der Waals surface area contributed by atoms with Crippen LogP contribution in [0.4, 0.5) is 0 Å². The first-order chi connectivity index (χ1) is 26.3. The number of rotatable bonds is 2. The molecule has 0 saturated carbocycles. The van der Waals surface area contributed by atoms with Gasteiger partial charge in [-0.05, 0) is 60.7 Å². The smallest absolute Gasteiger partial charge is 0.236 e. The molecule has 0 spiro atoms. The van der Waals surface area contributed by atoms with E-state index in [1.54, 1.807) is 11.3 Å². The number of hydrogen-bond donors (Lipinski definition) is 0. The lowest BCUT2D eigenvalue weighted by molar-refractivity contribution is 1.02. The fourth-order valence-electron chi connectivity index (χ4n) is 9.38. The van der Waals surface area contributed by atoms with Crippen molar-refractivity contribution in [2.75, 3.05) is 0 Å². The number of benzene rings is 7. The van der Waals surface area contributed by atoms with Gasteiger partial charge in [0.2, 0.25) is 5.95 Å². The SMILES string of the molecule is c1ccc2c(c1)sc1ccc(-c3nc(-n4c5ccc6sc7ccc8c9ccccc9n9c%10cccc4c%10c5c6c7c89)nc4sc5ccccc5c34)cc12. The predicted molar refractivity (Wildman–Crippen MR) is 229 cm³/mol. The molecule has 4 nitrogen and oxygen atoms in total. The lowest BCUT2D eigenvalue weighted by atomic mass is 10.0. The number of nitrogens with zero attached hydrogens (tertiary/aromatic N) is 4. The monoisotopic (exact) mass is 726 g/mol. The Kier molecular flexibility index (Phi) is 4.91. The molecule has 14 rings (SSSR count). The van der Waals surface area contributed by atoms with Gasteiger partial charge in [0.25, 0.3) is 0 Å². The van der Waals surface area contributed by atoms with Crippen LogP contribution >= 0.6 is 34.0 Å². The summed E-state index contributed by atoms with van der Waals surface area (Å²) in [7, 11) is 0. The highest BCUT2D eigenvalue weighted by Gasteiger charge is 2.27. The first-order valence-corrected chi connectivity index (χ1v) is 20.2. The maximum atomic E-state index is 5.62. The number of hydrogen-bond acceptors (Lipinski definition) is 5. The number of para-hydroxylation sites is 1. The zero-order chi connectivity index (χ0) is 34.1. The van der Waals surface area contributed by atoms with Gasteiger partial charge in [0.15, 0.2) is 0 Å². The second-order valence-corrected chi connectivity index (χ2v) is 17.3. The molecule has 0 aliphatic rings. The molecule has 7 aromatic heterocycles. The molecule has 7 heterocycles. The summed E-state index contributed by atoms with van der Waals surface area (Å²) in [6.07, 6.45) is 0. The van der Waals surface area contributed by atoms with E-state index >= 15 is 0 Å². The lowest BCUT2D eigenvalue weighted by Gasteiger charge is -2.11. The third-order valence-electron chi connectivity index (χ3n) is 11.5. The van der Waals surface area contributed by atoms with Crippen LogP contribution in [-0.2, 0) is 0 Å². The number of fused-ring (bicyclic) bond motifs is 10. The first-order valence-electron chi connectivity index (χ1n) is 17.7. The third kappa shape index (κ3) is 3.29. The van der Waals surface area contributed by atoms with Gasteiger partial charge < -0.3 is 4.40 Å². The minimum Gasteiger partial charge on any atom is -0.308 e. The second kappa shape index (κ2) is 9.45. The van der Waals surface area contributed by atoms with Crippen molar-refractivity contribution in [1.29, 1.82) is 0 Å². The van der Waals surface area contributed by atoms with Crippen molar-refractivity contribution in [2.24, 2.45) is 0 Å². The van der Waals surface area contributed by atoms with Crippen LogP contribution in [0.5, 0.6) is 0 Å². The van der Waals surface area contributed by atoms with Crippen LogP contribution in [0.25, 0.3) is 127 Å². The summed E-state index contributed by atoms with van der Waals surface area (Å²) in [5.41, 5.74) is 8.08. The molecule has 0 N–H and O–H groups in total. The van der Waals surface area contributed by atoms with Gasteiger partial charge in [-0.3, -0.25) is 4.57 Å². The van der Waals surface area contributed by atoms with Gasteiger partial charge in [-0.15, -0.1) is 34.0 Å². The molecule has 53 heavy (non-hydrogen) atoms. The molecule has 7 heteroatoms. The van der Waals surface area contributed by atoms with E-state index < -0.39 is 0 Å². The Bertz CT molecular complexity index is 3870. The van der Waals surface area contributed by atoms with Gasteiger partial charge in [-0.25, -0.2) is 9.97 Å². The van der Waals surface area contributed by atoms with Gasteiger partial charge in [-0.2, -0.15) is 0 Å². The van der Waals surface area contributed by atoms with Crippen LogP contribution in [0.15, 0.2) is 133 Å². The van der Waals surface area contributed by atoms with Crippen molar-refractivity contribution in [2.45, 2.75) is 0 Å². The average molecular weight is 727 g/mol. The average Bonchev–Trinajstić information content (AvgIpc) is 3.99.